The molecule has 0 spiro atoms. The van der Waals surface area contributed by atoms with Gasteiger partial charge >= 0.3 is 0 Å². The lowest BCUT2D eigenvalue weighted by atomic mass is 10.0. The Labute approximate surface area is 128 Å². The Morgan fingerprint density at radius 2 is 1.10 bits per heavy atom. The maximum Gasteiger partial charge on any atom is 0.0786 e. The van der Waals surface area contributed by atoms with Crippen LogP contribution in [0.1, 0.15) is 97.3 Å². The standard InChI is InChI=1S/C19H40N/c1-3-5-6-7-8-9-10-11-12-14-17-20(4-2)18-15-13-16-19-20/h3-19H2,1-2H3/q+1. The Morgan fingerprint density at radius 1 is 0.600 bits per heavy atom. The average molecular weight is 283 g/mol. The molecule has 0 N–H and O–H groups in total. The van der Waals surface area contributed by atoms with Crippen LogP contribution in [0.15, 0.2) is 0 Å². The minimum atomic E-state index is 1.37. The summed E-state index contributed by atoms with van der Waals surface area (Å²) < 4.78 is 1.44. The predicted molar refractivity (Wildman–Crippen MR) is 91.1 cm³/mol. The summed E-state index contributed by atoms with van der Waals surface area (Å²) in [4.78, 5) is 0. The minimum absolute atomic E-state index is 1.37. The number of hydrogen-bond donors (Lipinski definition) is 0. The van der Waals surface area contributed by atoms with Gasteiger partial charge in [-0.15, -0.1) is 0 Å². The molecule has 1 aliphatic rings. The molecule has 1 heterocycles. The van der Waals surface area contributed by atoms with E-state index in [4.69, 9.17) is 0 Å². The third-order valence-corrected chi connectivity index (χ3v) is 5.42. The predicted octanol–water partition coefficient (Wildman–Crippen LogP) is 5.93. The number of nitrogens with zero attached hydrogens (tertiary/aromatic N) is 1. The van der Waals surface area contributed by atoms with Gasteiger partial charge < -0.3 is 4.48 Å². The highest BCUT2D eigenvalue weighted by molar-refractivity contribution is 4.54. The van der Waals surface area contributed by atoms with Crippen molar-refractivity contribution in [3.63, 3.8) is 0 Å². The van der Waals surface area contributed by atoms with Crippen LogP contribution in [0.2, 0.25) is 0 Å². The molecule has 0 unspecified atom stereocenters. The van der Waals surface area contributed by atoms with E-state index in [1.54, 1.807) is 0 Å². The highest BCUT2D eigenvalue weighted by atomic mass is 15.3. The molecule has 0 radical (unpaired) electrons. The minimum Gasteiger partial charge on any atom is -0.324 e. The molecule has 0 bridgehead atoms. The fourth-order valence-electron chi connectivity index (χ4n) is 3.82. The van der Waals surface area contributed by atoms with Gasteiger partial charge in [0.1, 0.15) is 0 Å². The smallest absolute Gasteiger partial charge is 0.0786 e. The summed E-state index contributed by atoms with van der Waals surface area (Å²) in [7, 11) is 0. The zero-order valence-electron chi connectivity index (χ0n) is 14.5. The molecular formula is C19H40N+. The summed E-state index contributed by atoms with van der Waals surface area (Å²) in [6.07, 6.45) is 19.1. The van der Waals surface area contributed by atoms with Crippen molar-refractivity contribution in [1.82, 2.24) is 0 Å². The van der Waals surface area contributed by atoms with Gasteiger partial charge in [0.25, 0.3) is 0 Å². The molecule has 1 saturated heterocycles. The zero-order valence-corrected chi connectivity index (χ0v) is 14.5. The first kappa shape index (κ1) is 18.0. The fraction of sp³-hybridized carbons (Fsp3) is 1.00. The van der Waals surface area contributed by atoms with E-state index in [1.165, 1.54) is 114 Å². The van der Waals surface area contributed by atoms with Gasteiger partial charge in [0, 0.05) is 0 Å². The van der Waals surface area contributed by atoms with Crippen LogP contribution in [0.4, 0.5) is 0 Å². The molecular weight excluding hydrogens is 242 g/mol. The van der Waals surface area contributed by atoms with E-state index in [1.807, 2.05) is 0 Å². The van der Waals surface area contributed by atoms with Crippen molar-refractivity contribution in [3.05, 3.63) is 0 Å². The summed E-state index contributed by atoms with van der Waals surface area (Å²) in [5, 5.41) is 0. The maximum atomic E-state index is 2.40. The molecule has 1 aliphatic heterocycles. The second-order valence-corrected chi connectivity index (χ2v) is 7.07. The molecule has 0 amide bonds. The topological polar surface area (TPSA) is 0 Å². The number of hydrogen-bond acceptors (Lipinski definition) is 0. The van der Waals surface area contributed by atoms with Gasteiger partial charge in [0.05, 0.1) is 26.2 Å². The van der Waals surface area contributed by atoms with E-state index < -0.39 is 0 Å². The SMILES string of the molecule is CCCCCCCCCCCC[N+]1(CC)CCCCC1. The zero-order chi connectivity index (χ0) is 14.5. The van der Waals surface area contributed by atoms with Crippen molar-refractivity contribution in [3.8, 4) is 0 Å². The molecule has 0 aliphatic carbocycles. The Kier molecular flexibility index (Phi) is 10.4. The molecule has 1 rings (SSSR count). The van der Waals surface area contributed by atoms with Crippen molar-refractivity contribution in [1.29, 1.82) is 0 Å². The van der Waals surface area contributed by atoms with Crippen molar-refractivity contribution in [2.75, 3.05) is 26.2 Å². The Morgan fingerprint density at radius 3 is 1.60 bits per heavy atom. The second kappa shape index (κ2) is 11.6. The number of piperidine rings is 1. The lowest BCUT2D eigenvalue weighted by Crippen LogP contribution is -2.51. The van der Waals surface area contributed by atoms with E-state index in [9.17, 15) is 0 Å². The summed E-state index contributed by atoms with van der Waals surface area (Å²) in [5.74, 6) is 0. The summed E-state index contributed by atoms with van der Waals surface area (Å²) in [6, 6.07) is 0. The third kappa shape index (κ3) is 7.67. The Hall–Kier alpha value is -0.0400. The van der Waals surface area contributed by atoms with E-state index in [0.717, 1.165) is 0 Å². The van der Waals surface area contributed by atoms with Crippen LogP contribution in [0.3, 0.4) is 0 Å². The monoisotopic (exact) mass is 282 g/mol. The molecule has 1 fully saturated rings. The van der Waals surface area contributed by atoms with Crippen LogP contribution >= 0.6 is 0 Å². The van der Waals surface area contributed by atoms with Crippen molar-refractivity contribution in [2.45, 2.75) is 97.3 Å². The molecule has 0 atom stereocenters. The second-order valence-electron chi connectivity index (χ2n) is 7.07. The Bertz CT molecular complexity index is 206. The molecule has 1 heteroatoms. The van der Waals surface area contributed by atoms with Gasteiger partial charge in [-0.2, -0.15) is 0 Å². The van der Waals surface area contributed by atoms with Gasteiger partial charge in [-0.1, -0.05) is 58.3 Å². The molecule has 20 heavy (non-hydrogen) atoms. The Balaban J connectivity index is 1.91. The van der Waals surface area contributed by atoms with Gasteiger partial charge in [-0.3, -0.25) is 0 Å². The summed E-state index contributed by atoms with van der Waals surface area (Å²) in [6.45, 7) is 10.5. The van der Waals surface area contributed by atoms with Crippen LogP contribution in [0.5, 0.6) is 0 Å². The van der Waals surface area contributed by atoms with E-state index in [-0.39, 0.29) is 0 Å². The van der Waals surface area contributed by atoms with Crippen LogP contribution in [0, 0.1) is 0 Å². The summed E-state index contributed by atoms with van der Waals surface area (Å²) >= 11 is 0. The van der Waals surface area contributed by atoms with Crippen molar-refractivity contribution < 1.29 is 4.48 Å². The van der Waals surface area contributed by atoms with Crippen molar-refractivity contribution >= 4 is 0 Å². The van der Waals surface area contributed by atoms with E-state index in [2.05, 4.69) is 13.8 Å². The number of likely N-dealkylation sites (tertiary alicyclic amines) is 1. The highest BCUT2D eigenvalue weighted by Gasteiger charge is 2.26. The number of rotatable bonds is 12. The number of unbranched alkanes of at least 4 members (excludes halogenated alkanes) is 9. The van der Waals surface area contributed by atoms with E-state index >= 15 is 0 Å². The first-order valence-corrected chi connectivity index (χ1v) is 9.68. The quantitative estimate of drug-likeness (QED) is 0.307. The first-order valence-electron chi connectivity index (χ1n) is 9.68. The molecule has 0 aromatic rings. The lowest BCUT2D eigenvalue weighted by Gasteiger charge is -2.41. The molecule has 120 valence electrons. The van der Waals surface area contributed by atoms with Crippen LogP contribution in [-0.4, -0.2) is 30.7 Å². The highest BCUT2D eigenvalue weighted by Crippen LogP contribution is 2.20. The van der Waals surface area contributed by atoms with E-state index in [0.29, 0.717) is 0 Å². The molecule has 1 nitrogen and oxygen atoms in total. The largest absolute Gasteiger partial charge is 0.324 e. The maximum absolute atomic E-state index is 2.40. The van der Waals surface area contributed by atoms with Gasteiger partial charge in [-0.05, 0) is 39.0 Å². The fourth-order valence-corrected chi connectivity index (χ4v) is 3.82. The average Bonchev–Trinajstić information content (AvgIpc) is 2.50. The lowest BCUT2D eigenvalue weighted by molar-refractivity contribution is -0.931. The van der Waals surface area contributed by atoms with Crippen LogP contribution < -0.4 is 0 Å². The first-order chi connectivity index (χ1) is 9.83. The molecule has 0 aromatic carbocycles. The molecule has 0 saturated carbocycles. The van der Waals surface area contributed by atoms with Gasteiger partial charge in [0.2, 0.25) is 0 Å². The van der Waals surface area contributed by atoms with Gasteiger partial charge in [0.15, 0.2) is 0 Å². The van der Waals surface area contributed by atoms with Gasteiger partial charge in [-0.25, -0.2) is 0 Å². The molecule has 0 aromatic heterocycles. The number of quaternary nitrogens is 1. The van der Waals surface area contributed by atoms with Crippen LogP contribution in [-0.2, 0) is 0 Å². The summed E-state index contributed by atoms with van der Waals surface area (Å²) in [5.41, 5.74) is 0. The normalized spacial score (nSPS) is 18.3. The third-order valence-electron chi connectivity index (χ3n) is 5.42. The van der Waals surface area contributed by atoms with Crippen LogP contribution in [0.25, 0.3) is 0 Å². The van der Waals surface area contributed by atoms with Crippen molar-refractivity contribution in [2.24, 2.45) is 0 Å².